The number of hydrogen-bond acceptors (Lipinski definition) is 4. The van der Waals surface area contributed by atoms with E-state index in [1.807, 2.05) is 0 Å². The molecular formula is C15H19F2N4O4S+. The molecule has 0 unspecified atom stereocenters. The van der Waals surface area contributed by atoms with Crippen LogP contribution in [-0.4, -0.2) is 75.4 Å². The second-order valence-electron chi connectivity index (χ2n) is 6.18. The highest BCUT2D eigenvalue weighted by Crippen LogP contribution is 2.20. The van der Waals surface area contributed by atoms with E-state index < -0.39 is 32.6 Å². The molecule has 0 saturated carbocycles. The quantitative estimate of drug-likeness (QED) is 0.649. The molecule has 26 heavy (non-hydrogen) atoms. The Morgan fingerprint density at radius 2 is 1.88 bits per heavy atom. The van der Waals surface area contributed by atoms with Crippen molar-refractivity contribution in [3.63, 3.8) is 0 Å². The maximum absolute atomic E-state index is 13.8. The van der Waals surface area contributed by atoms with Crippen LogP contribution in [0.25, 0.3) is 0 Å². The van der Waals surface area contributed by atoms with Crippen LogP contribution in [0.4, 0.5) is 13.6 Å². The number of hydrogen-bond donors (Lipinski definition) is 2. The molecule has 2 aliphatic heterocycles. The molecule has 8 nitrogen and oxygen atoms in total. The van der Waals surface area contributed by atoms with Gasteiger partial charge in [0.15, 0.2) is 6.54 Å². The smallest absolute Gasteiger partial charge is 0.324 e. The van der Waals surface area contributed by atoms with Crippen molar-refractivity contribution in [2.75, 3.05) is 45.8 Å². The zero-order valence-electron chi connectivity index (χ0n) is 13.9. The van der Waals surface area contributed by atoms with Gasteiger partial charge < -0.3 is 10.2 Å². The van der Waals surface area contributed by atoms with Crippen LogP contribution in [0, 0.1) is 11.6 Å². The fraction of sp³-hybridized carbons (Fsp3) is 0.467. The minimum atomic E-state index is -4.15. The number of piperazine rings is 1. The predicted molar refractivity (Wildman–Crippen MR) is 85.8 cm³/mol. The van der Waals surface area contributed by atoms with Gasteiger partial charge >= 0.3 is 6.03 Å². The zero-order chi connectivity index (χ0) is 18.9. The summed E-state index contributed by atoms with van der Waals surface area (Å²) in [5.74, 6) is -2.15. The summed E-state index contributed by atoms with van der Waals surface area (Å²) in [5.41, 5.74) is 0. The fourth-order valence-electron chi connectivity index (χ4n) is 3.05. The maximum atomic E-state index is 13.8. The summed E-state index contributed by atoms with van der Waals surface area (Å²) in [7, 11) is -4.15. The van der Waals surface area contributed by atoms with E-state index in [4.69, 9.17) is 0 Å². The van der Waals surface area contributed by atoms with Gasteiger partial charge in [0, 0.05) is 13.1 Å². The SMILES string of the molecule is O=C(C[NH+]1CCN(S(=O)(=O)c2cc(F)ccc2F)CC1)N1CCNC1=O. The molecule has 0 radical (unpaired) electrons. The van der Waals surface area contributed by atoms with Gasteiger partial charge in [-0.2, -0.15) is 4.31 Å². The third-order valence-electron chi connectivity index (χ3n) is 4.50. The number of amides is 3. The largest absolute Gasteiger partial charge is 0.336 e. The molecule has 142 valence electrons. The molecule has 2 N–H and O–H groups in total. The van der Waals surface area contributed by atoms with Crippen LogP contribution >= 0.6 is 0 Å². The molecule has 2 aliphatic rings. The van der Waals surface area contributed by atoms with Gasteiger partial charge in [-0.1, -0.05) is 0 Å². The van der Waals surface area contributed by atoms with Crippen molar-refractivity contribution in [1.82, 2.24) is 14.5 Å². The summed E-state index contributed by atoms with van der Waals surface area (Å²) in [5, 5.41) is 2.55. The van der Waals surface area contributed by atoms with E-state index in [-0.39, 0.29) is 25.5 Å². The number of sulfonamides is 1. The number of nitrogens with zero attached hydrogens (tertiary/aromatic N) is 2. The predicted octanol–water partition coefficient (Wildman–Crippen LogP) is -1.59. The van der Waals surface area contributed by atoms with Gasteiger partial charge in [0.2, 0.25) is 10.0 Å². The summed E-state index contributed by atoms with van der Waals surface area (Å²) in [6, 6.07) is 1.89. The molecule has 3 rings (SSSR count). The monoisotopic (exact) mass is 389 g/mol. The van der Waals surface area contributed by atoms with Gasteiger partial charge in [-0.3, -0.25) is 9.69 Å². The molecule has 1 aromatic rings. The van der Waals surface area contributed by atoms with Crippen LogP contribution in [-0.2, 0) is 14.8 Å². The average molecular weight is 389 g/mol. The van der Waals surface area contributed by atoms with Gasteiger partial charge in [-0.05, 0) is 18.2 Å². The third-order valence-corrected chi connectivity index (χ3v) is 6.41. The van der Waals surface area contributed by atoms with E-state index in [2.05, 4.69) is 5.32 Å². The summed E-state index contributed by atoms with van der Waals surface area (Å²) >= 11 is 0. The van der Waals surface area contributed by atoms with Crippen molar-refractivity contribution in [3.05, 3.63) is 29.8 Å². The first-order valence-corrected chi connectivity index (χ1v) is 9.60. The fourth-order valence-corrected chi connectivity index (χ4v) is 4.57. The second-order valence-corrected chi connectivity index (χ2v) is 8.09. The Kier molecular flexibility index (Phi) is 5.21. The highest BCUT2D eigenvalue weighted by Gasteiger charge is 2.35. The number of carbonyl (C=O) groups excluding carboxylic acids is 2. The lowest BCUT2D eigenvalue weighted by Gasteiger charge is -2.31. The normalized spacial score (nSPS) is 19.6. The zero-order valence-corrected chi connectivity index (χ0v) is 14.7. The Balaban J connectivity index is 1.62. The molecular weight excluding hydrogens is 370 g/mol. The van der Waals surface area contributed by atoms with E-state index in [0.29, 0.717) is 32.2 Å². The molecule has 0 spiro atoms. The molecule has 0 bridgehead atoms. The summed E-state index contributed by atoms with van der Waals surface area (Å²) in [6.07, 6.45) is 0. The Morgan fingerprint density at radius 3 is 2.50 bits per heavy atom. The maximum Gasteiger partial charge on any atom is 0.324 e. The van der Waals surface area contributed by atoms with Crippen molar-refractivity contribution in [2.45, 2.75) is 4.90 Å². The van der Waals surface area contributed by atoms with E-state index in [1.54, 1.807) is 0 Å². The molecule has 2 saturated heterocycles. The van der Waals surface area contributed by atoms with Crippen molar-refractivity contribution in [2.24, 2.45) is 0 Å². The van der Waals surface area contributed by atoms with Crippen LogP contribution in [0.1, 0.15) is 0 Å². The first-order valence-electron chi connectivity index (χ1n) is 8.16. The van der Waals surface area contributed by atoms with Crippen molar-refractivity contribution in [3.8, 4) is 0 Å². The van der Waals surface area contributed by atoms with Gasteiger partial charge in [-0.15, -0.1) is 0 Å². The second kappa shape index (κ2) is 7.25. The Bertz CT molecular complexity index is 825. The minimum Gasteiger partial charge on any atom is -0.336 e. The lowest BCUT2D eigenvalue weighted by atomic mass is 10.3. The molecule has 0 aliphatic carbocycles. The van der Waals surface area contributed by atoms with E-state index >= 15 is 0 Å². The Labute approximate surface area is 149 Å². The lowest BCUT2D eigenvalue weighted by molar-refractivity contribution is -0.895. The van der Waals surface area contributed by atoms with E-state index in [0.717, 1.165) is 26.2 Å². The van der Waals surface area contributed by atoms with E-state index in [1.165, 1.54) is 0 Å². The molecule has 1 aromatic carbocycles. The Hall–Kier alpha value is -2.11. The van der Waals surface area contributed by atoms with Crippen LogP contribution in [0.2, 0.25) is 0 Å². The van der Waals surface area contributed by atoms with Crippen LogP contribution in [0.15, 0.2) is 23.1 Å². The van der Waals surface area contributed by atoms with Gasteiger partial charge in [0.25, 0.3) is 5.91 Å². The summed E-state index contributed by atoms with van der Waals surface area (Å²) in [4.78, 5) is 24.9. The molecule has 2 fully saturated rings. The van der Waals surface area contributed by atoms with Gasteiger partial charge in [0.05, 0.1) is 26.2 Å². The van der Waals surface area contributed by atoms with Crippen LogP contribution in [0.5, 0.6) is 0 Å². The number of quaternary nitrogens is 1. The molecule has 11 heteroatoms. The number of rotatable bonds is 4. The summed E-state index contributed by atoms with van der Waals surface area (Å²) in [6.45, 7) is 1.64. The molecule has 0 aromatic heterocycles. The number of halogens is 2. The van der Waals surface area contributed by atoms with Crippen LogP contribution < -0.4 is 10.2 Å². The van der Waals surface area contributed by atoms with Gasteiger partial charge in [-0.25, -0.2) is 22.0 Å². The summed E-state index contributed by atoms with van der Waals surface area (Å²) < 4.78 is 53.2. The van der Waals surface area contributed by atoms with E-state index in [9.17, 15) is 26.8 Å². The minimum absolute atomic E-state index is 0.0765. The number of imide groups is 1. The molecule has 3 amide bonds. The standard InChI is InChI=1S/C15H18F2N4O4S/c16-11-1-2-12(17)13(9-11)26(24,25)20-7-5-19(6-8-20)10-14(22)21-4-3-18-15(21)23/h1-2,9H,3-8,10H2,(H,18,23)/p+1. The highest BCUT2D eigenvalue weighted by atomic mass is 32.2. The number of benzene rings is 1. The van der Waals surface area contributed by atoms with Crippen molar-refractivity contribution in [1.29, 1.82) is 0 Å². The third kappa shape index (κ3) is 3.69. The first kappa shape index (κ1) is 18.7. The number of urea groups is 1. The topological polar surface area (TPSA) is 91.2 Å². The highest BCUT2D eigenvalue weighted by molar-refractivity contribution is 7.89. The number of nitrogens with one attached hydrogen (secondary N) is 2. The average Bonchev–Trinajstić information content (AvgIpc) is 3.03. The molecule has 2 heterocycles. The van der Waals surface area contributed by atoms with Crippen LogP contribution in [0.3, 0.4) is 0 Å². The van der Waals surface area contributed by atoms with Crippen molar-refractivity contribution >= 4 is 22.0 Å². The van der Waals surface area contributed by atoms with Crippen molar-refractivity contribution < 1.29 is 31.7 Å². The number of carbonyl (C=O) groups is 2. The Morgan fingerprint density at radius 1 is 1.19 bits per heavy atom. The van der Waals surface area contributed by atoms with Gasteiger partial charge in [0.1, 0.15) is 16.5 Å². The molecule has 0 atom stereocenters. The first-order chi connectivity index (χ1) is 12.3. The lowest BCUT2D eigenvalue weighted by Crippen LogP contribution is -3.15.